The SMILES string of the molecule is N#CC1=C(N)Oc2cc(OC(=O)c3sc4cc(Cl)cc(Cl)c4c3Cl)ccc2C1c1ccccc1F. The first-order valence-electron chi connectivity index (χ1n) is 10.0. The van der Waals surface area contributed by atoms with Gasteiger partial charge in [-0.3, -0.25) is 0 Å². The largest absolute Gasteiger partial charge is 0.440 e. The number of nitrogens with zero attached hydrogens (tertiary/aromatic N) is 1. The van der Waals surface area contributed by atoms with Crippen molar-refractivity contribution >= 4 is 62.2 Å². The molecule has 174 valence electrons. The van der Waals surface area contributed by atoms with Gasteiger partial charge < -0.3 is 15.2 Å². The van der Waals surface area contributed by atoms with E-state index in [4.69, 9.17) is 50.0 Å². The molecule has 0 bridgehead atoms. The minimum Gasteiger partial charge on any atom is -0.440 e. The lowest BCUT2D eigenvalue weighted by molar-refractivity contribution is 0.0740. The zero-order valence-electron chi connectivity index (χ0n) is 17.4. The number of carbonyl (C=O) groups excluding carboxylic acids is 1. The summed E-state index contributed by atoms with van der Waals surface area (Å²) in [6.45, 7) is 0. The van der Waals surface area contributed by atoms with Gasteiger partial charge in [-0.25, -0.2) is 9.18 Å². The van der Waals surface area contributed by atoms with E-state index in [0.29, 0.717) is 25.7 Å². The molecule has 4 aromatic rings. The standard InChI is InChI=1S/C25H12Cl3FN2O3S/c26-11-7-16(27)21-19(8-11)35-23(22(21)28)25(32)33-12-5-6-14-18(9-12)34-24(31)15(10-30)20(14)13-3-1-2-4-17(13)29/h1-9,20H,31H2. The van der Waals surface area contributed by atoms with Crippen LogP contribution >= 0.6 is 46.1 Å². The highest BCUT2D eigenvalue weighted by Crippen LogP contribution is 2.45. The number of nitrogens with two attached hydrogens (primary N) is 1. The molecule has 5 rings (SSSR count). The van der Waals surface area contributed by atoms with Crippen molar-refractivity contribution in [3.63, 3.8) is 0 Å². The van der Waals surface area contributed by atoms with Crippen LogP contribution in [0.3, 0.4) is 0 Å². The quantitative estimate of drug-likeness (QED) is 0.214. The summed E-state index contributed by atoms with van der Waals surface area (Å²) < 4.78 is 26.4. The van der Waals surface area contributed by atoms with Crippen LogP contribution < -0.4 is 15.2 Å². The summed E-state index contributed by atoms with van der Waals surface area (Å²) in [5, 5.41) is 11.1. The van der Waals surface area contributed by atoms with Gasteiger partial charge in [-0.1, -0.05) is 59.1 Å². The van der Waals surface area contributed by atoms with Crippen LogP contribution in [-0.2, 0) is 0 Å². The first kappa shape index (κ1) is 23.5. The number of carbonyl (C=O) groups is 1. The summed E-state index contributed by atoms with van der Waals surface area (Å²) >= 11 is 19.8. The van der Waals surface area contributed by atoms with E-state index in [1.807, 2.05) is 6.07 Å². The van der Waals surface area contributed by atoms with E-state index in [1.165, 1.54) is 18.2 Å². The molecule has 35 heavy (non-hydrogen) atoms. The third-order valence-corrected chi connectivity index (χ3v) is 7.58. The maximum absolute atomic E-state index is 14.6. The van der Waals surface area contributed by atoms with E-state index in [-0.39, 0.29) is 38.4 Å². The molecular formula is C25H12Cl3FN2O3S. The average molecular weight is 546 g/mol. The number of hydrogen-bond donors (Lipinski definition) is 1. The molecule has 0 saturated heterocycles. The van der Waals surface area contributed by atoms with Gasteiger partial charge in [-0.15, -0.1) is 11.3 Å². The van der Waals surface area contributed by atoms with Gasteiger partial charge >= 0.3 is 5.97 Å². The van der Waals surface area contributed by atoms with Gasteiger partial charge in [-0.2, -0.15) is 5.26 Å². The van der Waals surface area contributed by atoms with Crippen molar-refractivity contribution in [2.24, 2.45) is 5.73 Å². The van der Waals surface area contributed by atoms with E-state index in [9.17, 15) is 14.4 Å². The molecule has 1 unspecified atom stereocenters. The second-order valence-electron chi connectivity index (χ2n) is 7.54. The second-order valence-corrected chi connectivity index (χ2v) is 9.82. The predicted molar refractivity (Wildman–Crippen MR) is 134 cm³/mol. The molecule has 0 fully saturated rings. The van der Waals surface area contributed by atoms with Crippen LogP contribution in [0.15, 0.2) is 66.1 Å². The van der Waals surface area contributed by atoms with Gasteiger partial charge in [0.15, 0.2) is 0 Å². The summed E-state index contributed by atoms with van der Waals surface area (Å²) in [6.07, 6.45) is 0. The summed E-state index contributed by atoms with van der Waals surface area (Å²) in [4.78, 5) is 13.1. The van der Waals surface area contributed by atoms with Crippen LogP contribution in [0, 0.1) is 17.1 Å². The number of ether oxygens (including phenoxy) is 2. The first-order valence-corrected chi connectivity index (χ1v) is 12.0. The predicted octanol–water partition coefficient (Wildman–Crippen LogP) is 7.44. The molecule has 2 heterocycles. The maximum atomic E-state index is 14.6. The highest BCUT2D eigenvalue weighted by Gasteiger charge is 2.33. The molecule has 1 atom stereocenters. The monoisotopic (exact) mass is 544 g/mol. The number of hydrogen-bond acceptors (Lipinski definition) is 6. The minimum absolute atomic E-state index is 0.0833. The molecule has 1 aromatic heterocycles. The zero-order chi connectivity index (χ0) is 24.9. The van der Waals surface area contributed by atoms with Gasteiger partial charge in [0.2, 0.25) is 5.88 Å². The van der Waals surface area contributed by atoms with Gasteiger partial charge in [0.1, 0.15) is 33.8 Å². The smallest absolute Gasteiger partial charge is 0.355 e. The van der Waals surface area contributed by atoms with Crippen LogP contribution in [0.1, 0.15) is 26.7 Å². The van der Waals surface area contributed by atoms with Crippen molar-refractivity contribution in [1.29, 1.82) is 5.26 Å². The summed E-state index contributed by atoms with van der Waals surface area (Å²) in [6, 6.07) is 15.9. The van der Waals surface area contributed by atoms with Gasteiger partial charge in [0, 0.05) is 32.3 Å². The minimum atomic E-state index is -0.779. The molecule has 1 aliphatic rings. The lowest BCUT2D eigenvalue weighted by atomic mass is 9.83. The molecule has 1 aliphatic heterocycles. The fourth-order valence-electron chi connectivity index (χ4n) is 3.92. The fraction of sp³-hybridized carbons (Fsp3) is 0.0400. The molecule has 0 spiro atoms. The van der Waals surface area contributed by atoms with Crippen molar-refractivity contribution in [3.05, 3.63) is 103 Å². The lowest BCUT2D eigenvalue weighted by Crippen LogP contribution is -2.21. The third-order valence-electron chi connectivity index (χ3n) is 5.45. The topological polar surface area (TPSA) is 85.3 Å². The Kier molecular flexibility index (Phi) is 6.07. The Balaban J connectivity index is 1.51. The van der Waals surface area contributed by atoms with E-state index in [0.717, 1.165) is 11.3 Å². The summed E-state index contributed by atoms with van der Waals surface area (Å²) in [7, 11) is 0. The molecule has 0 saturated carbocycles. The normalized spacial score (nSPS) is 14.9. The first-order chi connectivity index (χ1) is 16.8. The zero-order valence-corrected chi connectivity index (χ0v) is 20.5. The van der Waals surface area contributed by atoms with Gasteiger partial charge in [0.25, 0.3) is 0 Å². The van der Waals surface area contributed by atoms with Crippen molar-refractivity contribution < 1.29 is 18.7 Å². The molecular weight excluding hydrogens is 534 g/mol. The number of nitriles is 1. The van der Waals surface area contributed by atoms with Crippen LogP contribution in [0.2, 0.25) is 15.1 Å². The Morgan fingerprint density at radius 1 is 1.11 bits per heavy atom. The highest BCUT2D eigenvalue weighted by atomic mass is 35.5. The van der Waals surface area contributed by atoms with E-state index in [2.05, 4.69) is 0 Å². The van der Waals surface area contributed by atoms with Gasteiger partial charge in [0.05, 0.1) is 16.0 Å². The summed E-state index contributed by atoms with van der Waals surface area (Å²) in [5.41, 5.74) is 6.84. The Morgan fingerprint density at radius 3 is 2.63 bits per heavy atom. The number of fused-ring (bicyclic) bond motifs is 2. The Hall–Kier alpha value is -3.28. The number of benzene rings is 3. The number of allylic oxidation sites excluding steroid dienone is 1. The third kappa shape index (κ3) is 4.09. The molecule has 10 heteroatoms. The van der Waals surface area contributed by atoms with Crippen molar-refractivity contribution in [3.8, 4) is 17.6 Å². The van der Waals surface area contributed by atoms with Crippen molar-refractivity contribution in [2.45, 2.75) is 5.92 Å². The number of thiophene rings is 1. The van der Waals surface area contributed by atoms with Crippen LogP contribution in [0.25, 0.3) is 10.1 Å². The number of esters is 1. The molecule has 2 N–H and O–H groups in total. The summed E-state index contributed by atoms with van der Waals surface area (Å²) in [5.74, 6) is -1.75. The average Bonchev–Trinajstić information content (AvgIpc) is 3.15. The van der Waals surface area contributed by atoms with Crippen LogP contribution in [0.5, 0.6) is 11.5 Å². The van der Waals surface area contributed by atoms with Crippen LogP contribution in [0.4, 0.5) is 4.39 Å². The molecule has 5 nitrogen and oxygen atoms in total. The van der Waals surface area contributed by atoms with Crippen molar-refractivity contribution in [1.82, 2.24) is 0 Å². The fourth-order valence-corrected chi connectivity index (χ4v) is 6.17. The Bertz CT molecular complexity index is 1610. The highest BCUT2D eigenvalue weighted by molar-refractivity contribution is 7.21. The molecule has 0 radical (unpaired) electrons. The maximum Gasteiger partial charge on any atom is 0.355 e. The van der Waals surface area contributed by atoms with Crippen molar-refractivity contribution in [2.75, 3.05) is 0 Å². The molecule has 0 amide bonds. The second kappa shape index (κ2) is 9.06. The lowest BCUT2D eigenvalue weighted by Gasteiger charge is -2.26. The molecule has 0 aliphatic carbocycles. The Morgan fingerprint density at radius 2 is 1.89 bits per heavy atom. The van der Waals surface area contributed by atoms with E-state index in [1.54, 1.807) is 36.4 Å². The van der Waals surface area contributed by atoms with E-state index >= 15 is 0 Å². The Labute approximate surface area is 217 Å². The van der Waals surface area contributed by atoms with Gasteiger partial charge in [-0.05, 0) is 24.3 Å². The number of halogens is 4. The van der Waals surface area contributed by atoms with Crippen LogP contribution in [-0.4, -0.2) is 5.97 Å². The van der Waals surface area contributed by atoms with E-state index < -0.39 is 17.7 Å². The number of rotatable bonds is 3. The molecule has 3 aromatic carbocycles.